The van der Waals surface area contributed by atoms with Crippen molar-refractivity contribution < 1.29 is 19.1 Å². The SMILES string of the molecule is COC(=O)CC(NC(=O)CCCCOc1cc(C)ccc1C)c1cccs1. The van der Waals surface area contributed by atoms with E-state index in [1.165, 1.54) is 24.0 Å². The smallest absolute Gasteiger partial charge is 0.307 e. The molecule has 1 atom stereocenters. The maximum absolute atomic E-state index is 12.3. The van der Waals surface area contributed by atoms with Crippen LogP contribution in [0.3, 0.4) is 0 Å². The molecule has 0 bridgehead atoms. The van der Waals surface area contributed by atoms with Crippen LogP contribution in [0.5, 0.6) is 5.75 Å². The molecular weight excluding hydrogens is 362 g/mol. The lowest BCUT2D eigenvalue weighted by Gasteiger charge is -2.16. The summed E-state index contributed by atoms with van der Waals surface area (Å²) in [6.45, 7) is 4.64. The third-order valence-corrected chi connectivity index (χ3v) is 5.21. The Morgan fingerprint density at radius 1 is 1.19 bits per heavy atom. The molecule has 2 aromatic rings. The third-order valence-electron chi connectivity index (χ3n) is 4.22. The second-order valence-electron chi connectivity index (χ2n) is 6.49. The van der Waals surface area contributed by atoms with Crippen LogP contribution in [0.4, 0.5) is 0 Å². The van der Waals surface area contributed by atoms with Crippen molar-refractivity contribution in [3.05, 3.63) is 51.7 Å². The first kappa shape index (κ1) is 21.0. The van der Waals surface area contributed by atoms with Gasteiger partial charge in [0.25, 0.3) is 0 Å². The van der Waals surface area contributed by atoms with Crippen LogP contribution in [0.15, 0.2) is 35.7 Å². The molecule has 1 unspecified atom stereocenters. The van der Waals surface area contributed by atoms with Crippen molar-refractivity contribution >= 4 is 23.2 Å². The minimum Gasteiger partial charge on any atom is -0.493 e. The fourth-order valence-corrected chi connectivity index (χ4v) is 3.44. The van der Waals surface area contributed by atoms with Crippen LogP contribution in [-0.2, 0) is 14.3 Å². The van der Waals surface area contributed by atoms with Gasteiger partial charge in [-0.05, 0) is 55.3 Å². The van der Waals surface area contributed by atoms with Gasteiger partial charge >= 0.3 is 5.97 Å². The van der Waals surface area contributed by atoms with Crippen molar-refractivity contribution in [2.75, 3.05) is 13.7 Å². The number of unbranched alkanes of at least 4 members (excludes halogenated alkanes) is 1. The lowest BCUT2D eigenvalue weighted by Crippen LogP contribution is -2.29. The fourth-order valence-electron chi connectivity index (χ4n) is 2.66. The molecule has 5 nitrogen and oxygen atoms in total. The standard InChI is InChI=1S/C21H27NO4S/c1-15-9-10-16(2)18(13-15)26-11-5-4-8-20(23)22-17(14-21(24)25-3)19-7-6-12-27-19/h6-7,9-10,12-13,17H,4-5,8,11,14H2,1-3H3,(H,22,23). The number of hydrogen-bond donors (Lipinski definition) is 1. The quantitative estimate of drug-likeness (QED) is 0.485. The highest BCUT2D eigenvalue weighted by atomic mass is 32.1. The van der Waals surface area contributed by atoms with Crippen molar-refractivity contribution in [1.82, 2.24) is 5.32 Å². The molecule has 1 amide bonds. The van der Waals surface area contributed by atoms with E-state index in [4.69, 9.17) is 9.47 Å². The Labute approximate surface area is 164 Å². The average Bonchev–Trinajstić information content (AvgIpc) is 3.18. The summed E-state index contributed by atoms with van der Waals surface area (Å²) in [5.41, 5.74) is 2.28. The second-order valence-corrected chi connectivity index (χ2v) is 7.47. The number of esters is 1. The molecule has 0 spiro atoms. The summed E-state index contributed by atoms with van der Waals surface area (Å²) in [7, 11) is 1.35. The van der Waals surface area contributed by atoms with E-state index in [1.807, 2.05) is 43.5 Å². The molecule has 0 saturated carbocycles. The fraction of sp³-hybridized carbons (Fsp3) is 0.429. The Kier molecular flexibility index (Phi) is 8.33. The van der Waals surface area contributed by atoms with Crippen molar-refractivity contribution in [2.45, 2.75) is 45.6 Å². The summed E-state index contributed by atoms with van der Waals surface area (Å²) >= 11 is 1.52. The van der Waals surface area contributed by atoms with Crippen molar-refractivity contribution in [1.29, 1.82) is 0 Å². The summed E-state index contributed by atoms with van der Waals surface area (Å²) in [5, 5.41) is 4.87. The van der Waals surface area contributed by atoms with E-state index < -0.39 is 0 Å². The van der Waals surface area contributed by atoms with Gasteiger partial charge in [-0.1, -0.05) is 18.2 Å². The number of carbonyl (C=O) groups excluding carboxylic acids is 2. The number of methoxy groups -OCH3 is 1. The second kappa shape index (κ2) is 10.7. The summed E-state index contributed by atoms with van der Waals surface area (Å²) < 4.78 is 10.5. The van der Waals surface area contributed by atoms with Gasteiger partial charge in [-0.25, -0.2) is 0 Å². The average molecular weight is 390 g/mol. The van der Waals surface area contributed by atoms with Crippen LogP contribution >= 0.6 is 11.3 Å². The van der Waals surface area contributed by atoms with Crippen molar-refractivity contribution in [2.24, 2.45) is 0 Å². The molecule has 0 fully saturated rings. The number of ether oxygens (including phenoxy) is 2. The van der Waals surface area contributed by atoms with Crippen molar-refractivity contribution in [3.63, 3.8) is 0 Å². The number of hydrogen-bond acceptors (Lipinski definition) is 5. The van der Waals surface area contributed by atoms with Gasteiger partial charge in [-0.2, -0.15) is 0 Å². The minimum absolute atomic E-state index is 0.0657. The summed E-state index contributed by atoms with van der Waals surface area (Å²) in [4.78, 5) is 24.8. The summed E-state index contributed by atoms with van der Waals surface area (Å²) in [5.74, 6) is 0.495. The Bertz CT molecular complexity index is 743. The van der Waals surface area contributed by atoms with Gasteiger partial charge in [0.2, 0.25) is 5.91 Å². The van der Waals surface area contributed by atoms with E-state index in [2.05, 4.69) is 11.4 Å². The Balaban J connectivity index is 1.74. The molecule has 0 aliphatic rings. The van der Waals surface area contributed by atoms with Gasteiger partial charge < -0.3 is 14.8 Å². The number of carbonyl (C=O) groups is 2. The summed E-state index contributed by atoms with van der Waals surface area (Å²) in [6, 6.07) is 9.61. The number of aryl methyl sites for hydroxylation is 2. The third kappa shape index (κ3) is 7.06. The van der Waals surface area contributed by atoms with Crippen molar-refractivity contribution in [3.8, 4) is 5.75 Å². The number of benzene rings is 1. The molecule has 6 heteroatoms. The van der Waals surface area contributed by atoms with Crippen LogP contribution in [0, 0.1) is 13.8 Å². The minimum atomic E-state index is -0.337. The molecule has 1 heterocycles. The van der Waals surface area contributed by atoms with E-state index in [0.29, 0.717) is 13.0 Å². The normalized spacial score (nSPS) is 11.7. The zero-order chi connectivity index (χ0) is 19.6. The van der Waals surface area contributed by atoms with Crippen LogP contribution in [0.2, 0.25) is 0 Å². The van der Waals surface area contributed by atoms with Gasteiger partial charge in [-0.15, -0.1) is 11.3 Å². The molecule has 2 rings (SSSR count). The predicted octanol–water partition coefficient (Wildman–Crippen LogP) is 4.33. The van der Waals surface area contributed by atoms with E-state index in [0.717, 1.165) is 29.0 Å². The number of rotatable bonds is 10. The van der Waals surface area contributed by atoms with Gasteiger partial charge in [0.1, 0.15) is 5.75 Å². The number of thiophene rings is 1. The van der Waals surface area contributed by atoms with Gasteiger partial charge in [0, 0.05) is 11.3 Å². The maximum Gasteiger partial charge on any atom is 0.307 e. The van der Waals surface area contributed by atoms with Crippen LogP contribution in [-0.4, -0.2) is 25.6 Å². The highest BCUT2D eigenvalue weighted by molar-refractivity contribution is 7.10. The van der Waals surface area contributed by atoms with E-state index >= 15 is 0 Å². The predicted molar refractivity (Wildman–Crippen MR) is 107 cm³/mol. The Morgan fingerprint density at radius 2 is 2.00 bits per heavy atom. The lowest BCUT2D eigenvalue weighted by molar-refractivity contribution is -0.141. The highest BCUT2D eigenvalue weighted by Crippen LogP contribution is 2.23. The van der Waals surface area contributed by atoms with Gasteiger partial charge in [-0.3, -0.25) is 9.59 Å². The molecule has 1 aromatic carbocycles. The molecule has 0 aliphatic heterocycles. The monoisotopic (exact) mass is 389 g/mol. The zero-order valence-electron chi connectivity index (χ0n) is 16.1. The summed E-state index contributed by atoms with van der Waals surface area (Å²) in [6.07, 6.45) is 2.06. The molecule has 0 saturated heterocycles. The first-order valence-electron chi connectivity index (χ1n) is 9.09. The largest absolute Gasteiger partial charge is 0.493 e. The molecule has 1 N–H and O–H groups in total. The van der Waals surface area contributed by atoms with Gasteiger partial charge in [0.05, 0.1) is 26.2 Å². The van der Waals surface area contributed by atoms with Crippen LogP contribution < -0.4 is 10.1 Å². The van der Waals surface area contributed by atoms with E-state index in [9.17, 15) is 9.59 Å². The first-order valence-corrected chi connectivity index (χ1v) is 9.97. The Morgan fingerprint density at radius 3 is 2.70 bits per heavy atom. The first-order chi connectivity index (χ1) is 13.0. The molecule has 0 aliphatic carbocycles. The van der Waals surface area contributed by atoms with Crippen LogP contribution in [0.25, 0.3) is 0 Å². The maximum atomic E-state index is 12.3. The molecule has 27 heavy (non-hydrogen) atoms. The lowest BCUT2D eigenvalue weighted by atomic mass is 10.1. The van der Waals surface area contributed by atoms with E-state index in [-0.39, 0.29) is 24.3 Å². The number of amides is 1. The molecular formula is C21H27NO4S. The zero-order valence-corrected chi connectivity index (χ0v) is 16.9. The highest BCUT2D eigenvalue weighted by Gasteiger charge is 2.19. The van der Waals surface area contributed by atoms with Crippen LogP contribution in [0.1, 0.15) is 47.7 Å². The number of nitrogens with one attached hydrogen (secondary N) is 1. The topological polar surface area (TPSA) is 64.6 Å². The molecule has 146 valence electrons. The molecule has 0 radical (unpaired) electrons. The molecule has 1 aromatic heterocycles. The van der Waals surface area contributed by atoms with E-state index in [1.54, 1.807) is 0 Å². The van der Waals surface area contributed by atoms with Gasteiger partial charge in [0.15, 0.2) is 0 Å². The Hall–Kier alpha value is -2.34.